The number of carboxylic acids is 1. The lowest BCUT2D eigenvalue weighted by Crippen LogP contribution is -2.37. The summed E-state index contributed by atoms with van der Waals surface area (Å²) in [5.74, 6) is -0.932. The SMILES string of the molecule is CC(CNC(=O)NCc1ccccc1)CC(=O)O. The predicted molar refractivity (Wildman–Crippen MR) is 68.1 cm³/mol. The molecule has 0 aliphatic carbocycles. The third kappa shape index (κ3) is 5.89. The molecule has 5 nitrogen and oxygen atoms in total. The molecule has 0 heterocycles. The Morgan fingerprint density at radius 1 is 1.22 bits per heavy atom. The Kier molecular flexibility index (Phi) is 5.70. The van der Waals surface area contributed by atoms with Gasteiger partial charge in [-0.05, 0) is 11.5 Å². The number of benzene rings is 1. The molecule has 0 spiro atoms. The van der Waals surface area contributed by atoms with Crippen LogP contribution in [0.15, 0.2) is 30.3 Å². The van der Waals surface area contributed by atoms with Gasteiger partial charge in [-0.1, -0.05) is 37.3 Å². The highest BCUT2D eigenvalue weighted by atomic mass is 16.4. The van der Waals surface area contributed by atoms with Crippen LogP contribution in [-0.2, 0) is 11.3 Å². The number of urea groups is 1. The van der Waals surface area contributed by atoms with Gasteiger partial charge in [0.1, 0.15) is 0 Å². The van der Waals surface area contributed by atoms with Crippen molar-refractivity contribution in [2.24, 2.45) is 5.92 Å². The maximum atomic E-state index is 11.4. The van der Waals surface area contributed by atoms with E-state index in [0.717, 1.165) is 5.56 Å². The molecule has 1 aromatic rings. The van der Waals surface area contributed by atoms with Gasteiger partial charge < -0.3 is 15.7 Å². The van der Waals surface area contributed by atoms with Gasteiger partial charge in [0.25, 0.3) is 0 Å². The highest BCUT2D eigenvalue weighted by Crippen LogP contribution is 1.99. The first-order valence-corrected chi connectivity index (χ1v) is 5.85. The number of hydrogen-bond acceptors (Lipinski definition) is 2. The molecule has 18 heavy (non-hydrogen) atoms. The van der Waals surface area contributed by atoms with Crippen molar-refractivity contribution in [1.29, 1.82) is 0 Å². The van der Waals surface area contributed by atoms with Gasteiger partial charge in [0.15, 0.2) is 0 Å². The monoisotopic (exact) mass is 250 g/mol. The van der Waals surface area contributed by atoms with Gasteiger partial charge in [0, 0.05) is 19.5 Å². The van der Waals surface area contributed by atoms with Crippen LogP contribution in [-0.4, -0.2) is 23.7 Å². The van der Waals surface area contributed by atoms with Gasteiger partial charge >= 0.3 is 12.0 Å². The van der Waals surface area contributed by atoms with E-state index in [4.69, 9.17) is 5.11 Å². The van der Waals surface area contributed by atoms with Crippen molar-refractivity contribution in [3.05, 3.63) is 35.9 Å². The van der Waals surface area contributed by atoms with E-state index in [2.05, 4.69) is 10.6 Å². The molecular weight excluding hydrogens is 232 g/mol. The van der Waals surface area contributed by atoms with E-state index in [0.29, 0.717) is 13.1 Å². The van der Waals surface area contributed by atoms with Gasteiger partial charge in [-0.2, -0.15) is 0 Å². The number of hydrogen-bond donors (Lipinski definition) is 3. The van der Waals surface area contributed by atoms with Gasteiger partial charge in [0.05, 0.1) is 0 Å². The summed E-state index contributed by atoms with van der Waals surface area (Å²) in [5, 5.41) is 13.9. The number of carboxylic acid groups (broad SMARTS) is 1. The number of rotatable bonds is 6. The van der Waals surface area contributed by atoms with Crippen molar-refractivity contribution in [3.8, 4) is 0 Å². The van der Waals surface area contributed by atoms with Crippen LogP contribution in [0.3, 0.4) is 0 Å². The maximum absolute atomic E-state index is 11.4. The summed E-state index contributed by atoms with van der Waals surface area (Å²) in [6, 6.07) is 9.29. The molecule has 0 aliphatic rings. The second-order valence-corrected chi connectivity index (χ2v) is 4.25. The van der Waals surface area contributed by atoms with E-state index in [9.17, 15) is 9.59 Å². The predicted octanol–water partition coefficient (Wildman–Crippen LogP) is 1.60. The van der Waals surface area contributed by atoms with Crippen LogP contribution in [0.5, 0.6) is 0 Å². The molecule has 0 aliphatic heterocycles. The molecule has 1 atom stereocenters. The summed E-state index contributed by atoms with van der Waals surface area (Å²) >= 11 is 0. The van der Waals surface area contributed by atoms with E-state index in [1.807, 2.05) is 30.3 Å². The van der Waals surface area contributed by atoms with E-state index in [1.165, 1.54) is 0 Å². The average Bonchev–Trinajstić information content (AvgIpc) is 2.34. The van der Waals surface area contributed by atoms with Crippen LogP contribution in [0.2, 0.25) is 0 Å². The topological polar surface area (TPSA) is 78.4 Å². The Balaban J connectivity index is 2.20. The lowest BCUT2D eigenvalue weighted by atomic mass is 10.1. The van der Waals surface area contributed by atoms with Crippen molar-refractivity contribution in [3.63, 3.8) is 0 Å². The van der Waals surface area contributed by atoms with Gasteiger partial charge in [-0.25, -0.2) is 4.79 Å². The summed E-state index contributed by atoms with van der Waals surface area (Å²) in [6.45, 7) is 2.60. The molecule has 1 aromatic carbocycles. The Morgan fingerprint density at radius 3 is 2.50 bits per heavy atom. The summed E-state index contributed by atoms with van der Waals surface area (Å²) in [6.07, 6.45) is 0.0545. The zero-order valence-corrected chi connectivity index (χ0v) is 10.3. The van der Waals surface area contributed by atoms with Gasteiger partial charge in [-0.3, -0.25) is 4.79 Å². The minimum absolute atomic E-state index is 0.0545. The highest BCUT2D eigenvalue weighted by Gasteiger charge is 2.08. The molecular formula is C13H18N2O3. The van der Waals surface area contributed by atoms with Crippen molar-refractivity contribution in [1.82, 2.24) is 10.6 Å². The average molecular weight is 250 g/mol. The molecule has 2 amide bonds. The van der Waals surface area contributed by atoms with Gasteiger partial charge in [-0.15, -0.1) is 0 Å². The Labute approximate surface area is 106 Å². The Hall–Kier alpha value is -2.04. The Bertz CT molecular complexity index is 392. The molecule has 0 bridgehead atoms. The third-order valence-electron chi connectivity index (χ3n) is 2.43. The van der Waals surface area contributed by atoms with Crippen molar-refractivity contribution < 1.29 is 14.7 Å². The molecule has 0 radical (unpaired) electrons. The molecule has 5 heteroatoms. The second kappa shape index (κ2) is 7.32. The smallest absolute Gasteiger partial charge is 0.315 e. The number of nitrogens with one attached hydrogen (secondary N) is 2. The fourth-order valence-corrected chi connectivity index (χ4v) is 1.48. The van der Waals surface area contributed by atoms with Crippen molar-refractivity contribution >= 4 is 12.0 Å². The largest absolute Gasteiger partial charge is 0.481 e. The summed E-state index contributed by atoms with van der Waals surface area (Å²) in [4.78, 5) is 21.9. The zero-order chi connectivity index (χ0) is 13.4. The molecule has 0 aromatic heterocycles. The normalized spacial score (nSPS) is 11.6. The van der Waals surface area contributed by atoms with Crippen LogP contribution in [0.4, 0.5) is 4.79 Å². The van der Waals surface area contributed by atoms with Crippen LogP contribution in [0, 0.1) is 5.92 Å². The van der Waals surface area contributed by atoms with Crippen molar-refractivity contribution in [2.45, 2.75) is 19.9 Å². The first-order chi connectivity index (χ1) is 8.58. The summed E-state index contributed by atoms with van der Waals surface area (Å²) in [7, 11) is 0. The van der Waals surface area contributed by atoms with Crippen LogP contribution >= 0.6 is 0 Å². The minimum atomic E-state index is -0.853. The number of aliphatic carboxylic acids is 1. The van der Waals surface area contributed by atoms with Crippen LogP contribution < -0.4 is 10.6 Å². The maximum Gasteiger partial charge on any atom is 0.315 e. The molecule has 1 unspecified atom stereocenters. The zero-order valence-electron chi connectivity index (χ0n) is 10.3. The van der Waals surface area contributed by atoms with Crippen molar-refractivity contribution in [2.75, 3.05) is 6.54 Å². The molecule has 1 rings (SSSR count). The number of carbonyl (C=O) groups excluding carboxylic acids is 1. The van der Waals surface area contributed by atoms with Crippen LogP contribution in [0.25, 0.3) is 0 Å². The standard InChI is InChI=1S/C13H18N2O3/c1-10(7-12(16)17)8-14-13(18)15-9-11-5-3-2-4-6-11/h2-6,10H,7-9H2,1H3,(H,16,17)(H2,14,15,18). The minimum Gasteiger partial charge on any atom is -0.481 e. The molecule has 0 saturated carbocycles. The van der Waals surface area contributed by atoms with E-state index in [1.54, 1.807) is 6.92 Å². The second-order valence-electron chi connectivity index (χ2n) is 4.25. The summed E-state index contributed by atoms with van der Waals surface area (Å²) in [5.41, 5.74) is 1.02. The summed E-state index contributed by atoms with van der Waals surface area (Å²) < 4.78 is 0. The van der Waals surface area contributed by atoms with Crippen LogP contribution in [0.1, 0.15) is 18.9 Å². The molecule has 98 valence electrons. The molecule has 0 saturated heterocycles. The Morgan fingerprint density at radius 2 is 1.89 bits per heavy atom. The first-order valence-electron chi connectivity index (χ1n) is 5.85. The quantitative estimate of drug-likeness (QED) is 0.717. The van der Waals surface area contributed by atoms with Gasteiger partial charge in [0.2, 0.25) is 0 Å². The fraction of sp³-hybridized carbons (Fsp3) is 0.385. The van der Waals surface area contributed by atoms with E-state index < -0.39 is 5.97 Å². The third-order valence-corrected chi connectivity index (χ3v) is 2.43. The molecule has 0 fully saturated rings. The fourth-order valence-electron chi connectivity index (χ4n) is 1.48. The lowest BCUT2D eigenvalue weighted by molar-refractivity contribution is -0.137. The number of carbonyl (C=O) groups is 2. The van der Waals surface area contributed by atoms with E-state index >= 15 is 0 Å². The highest BCUT2D eigenvalue weighted by molar-refractivity contribution is 5.74. The first kappa shape index (κ1) is 14.0. The molecule has 3 N–H and O–H groups in total. The number of amides is 2. The van der Waals surface area contributed by atoms with E-state index in [-0.39, 0.29) is 18.4 Å². The lowest BCUT2D eigenvalue weighted by Gasteiger charge is -2.11.